The molecule has 2 N–H and O–H groups in total. The summed E-state index contributed by atoms with van der Waals surface area (Å²) in [6.07, 6.45) is 1.32. The molecule has 1 saturated heterocycles. The quantitative estimate of drug-likeness (QED) is 0.584. The van der Waals surface area contributed by atoms with Gasteiger partial charge in [-0.05, 0) is 12.1 Å². The number of carbonyl (C=O) groups excluding carboxylic acids is 1. The molecule has 10 nitrogen and oxygen atoms in total. The molecule has 2 aromatic rings. The molecule has 1 aliphatic rings. The second-order valence-corrected chi connectivity index (χ2v) is 7.83. The Balaban J connectivity index is 1.73. The molecule has 0 atom stereocenters. The third-order valence-electron chi connectivity index (χ3n) is 4.31. The number of hydrogen-bond donors (Lipinski definition) is 1. The van der Waals surface area contributed by atoms with E-state index in [1.54, 1.807) is 6.07 Å². The molecule has 0 aliphatic carbocycles. The number of amides is 1. The van der Waals surface area contributed by atoms with Crippen molar-refractivity contribution in [2.24, 2.45) is 5.73 Å². The van der Waals surface area contributed by atoms with Gasteiger partial charge in [-0.2, -0.15) is 4.31 Å². The van der Waals surface area contributed by atoms with E-state index >= 15 is 0 Å². The van der Waals surface area contributed by atoms with Gasteiger partial charge >= 0.3 is 0 Å². The number of benzene rings is 1. The number of para-hydroxylation sites is 1. The molecule has 0 spiro atoms. The van der Waals surface area contributed by atoms with Crippen molar-refractivity contribution in [2.45, 2.75) is 11.4 Å². The highest BCUT2D eigenvalue weighted by molar-refractivity contribution is 7.89. The van der Waals surface area contributed by atoms with Gasteiger partial charge in [0.2, 0.25) is 10.0 Å². The van der Waals surface area contributed by atoms with Crippen LogP contribution in [0.4, 0.5) is 5.69 Å². The lowest BCUT2D eigenvalue weighted by atomic mass is 10.2. The molecule has 1 aromatic heterocycles. The number of nitrogens with two attached hydrogens (primary N) is 1. The van der Waals surface area contributed by atoms with Crippen LogP contribution in [0.2, 0.25) is 0 Å². The number of hydrogen-bond acceptors (Lipinski definition) is 7. The Morgan fingerprint density at radius 3 is 2.48 bits per heavy atom. The van der Waals surface area contributed by atoms with Crippen LogP contribution in [0.3, 0.4) is 0 Å². The minimum atomic E-state index is -4.03. The number of piperazine rings is 1. The average Bonchev–Trinajstić information content (AvgIpc) is 3.16. The van der Waals surface area contributed by atoms with Gasteiger partial charge in [0.15, 0.2) is 4.90 Å². The van der Waals surface area contributed by atoms with Gasteiger partial charge in [-0.1, -0.05) is 12.1 Å². The molecule has 2 heterocycles. The third-order valence-corrected chi connectivity index (χ3v) is 6.25. The smallest absolute Gasteiger partial charge is 0.289 e. The normalized spacial score (nSPS) is 15.7. The first-order valence-electron chi connectivity index (χ1n) is 8.15. The molecule has 27 heavy (non-hydrogen) atoms. The van der Waals surface area contributed by atoms with Crippen LogP contribution in [0.1, 0.15) is 16.1 Å². The van der Waals surface area contributed by atoms with E-state index in [2.05, 4.69) is 0 Å². The Morgan fingerprint density at radius 2 is 1.89 bits per heavy atom. The van der Waals surface area contributed by atoms with E-state index in [0.717, 1.165) is 10.4 Å². The molecule has 0 radical (unpaired) electrons. The van der Waals surface area contributed by atoms with Gasteiger partial charge in [0, 0.05) is 32.2 Å². The predicted octanol–water partition coefficient (Wildman–Crippen LogP) is 0.793. The number of nitrogens with zero attached hydrogens (tertiary/aromatic N) is 3. The lowest BCUT2D eigenvalue weighted by Crippen LogP contribution is -2.50. The van der Waals surface area contributed by atoms with Crippen molar-refractivity contribution in [2.75, 3.05) is 26.2 Å². The summed E-state index contributed by atoms with van der Waals surface area (Å²) >= 11 is 0. The summed E-state index contributed by atoms with van der Waals surface area (Å²) in [6, 6.07) is 6.77. The van der Waals surface area contributed by atoms with Crippen molar-refractivity contribution in [3.63, 3.8) is 0 Å². The van der Waals surface area contributed by atoms with Crippen molar-refractivity contribution in [1.82, 2.24) is 9.21 Å². The van der Waals surface area contributed by atoms with E-state index in [0.29, 0.717) is 11.3 Å². The lowest BCUT2D eigenvalue weighted by molar-refractivity contribution is -0.387. The fourth-order valence-electron chi connectivity index (χ4n) is 2.88. The summed E-state index contributed by atoms with van der Waals surface area (Å²) in [5, 5.41) is 11.1. The Hall–Kier alpha value is -2.76. The number of rotatable bonds is 5. The van der Waals surface area contributed by atoms with Gasteiger partial charge < -0.3 is 15.1 Å². The highest BCUT2D eigenvalue weighted by Gasteiger charge is 2.34. The van der Waals surface area contributed by atoms with E-state index in [1.807, 2.05) is 0 Å². The van der Waals surface area contributed by atoms with E-state index in [4.69, 9.17) is 10.2 Å². The number of carbonyl (C=O) groups is 1. The summed E-state index contributed by atoms with van der Waals surface area (Å²) in [4.78, 5) is 24.0. The van der Waals surface area contributed by atoms with Gasteiger partial charge in [0.25, 0.3) is 11.6 Å². The fourth-order valence-corrected chi connectivity index (χ4v) is 4.46. The molecule has 1 aromatic carbocycles. The number of nitro groups is 1. The van der Waals surface area contributed by atoms with Crippen LogP contribution < -0.4 is 5.73 Å². The first-order chi connectivity index (χ1) is 12.8. The first kappa shape index (κ1) is 19.0. The minimum absolute atomic E-state index is 0.0434. The Kier molecular flexibility index (Phi) is 5.26. The van der Waals surface area contributed by atoms with E-state index in [9.17, 15) is 23.3 Å². The highest BCUT2D eigenvalue weighted by atomic mass is 32.2. The van der Waals surface area contributed by atoms with Crippen molar-refractivity contribution >= 4 is 21.6 Å². The second kappa shape index (κ2) is 7.47. The summed E-state index contributed by atoms with van der Waals surface area (Å²) in [7, 11) is -4.03. The zero-order valence-electron chi connectivity index (χ0n) is 14.3. The number of sulfonamides is 1. The standard InChI is InChI=1S/C16H18N4O6S/c17-10-13-9-12(11-26-13)16(21)18-5-7-19(8-6-18)27(24,25)15-4-2-1-3-14(15)20(22)23/h1-4,9,11H,5-8,10,17H2. The first-order valence-corrected chi connectivity index (χ1v) is 9.59. The van der Waals surface area contributed by atoms with Gasteiger partial charge in [-0.3, -0.25) is 14.9 Å². The van der Waals surface area contributed by atoms with Crippen LogP contribution in [-0.2, 0) is 16.6 Å². The van der Waals surface area contributed by atoms with Crippen LogP contribution in [0.5, 0.6) is 0 Å². The predicted molar refractivity (Wildman–Crippen MR) is 94.4 cm³/mol. The summed E-state index contributed by atoms with van der Waals surface area (Å²) in [5.74, 6) is 0.206. The lowest BCUT2D eigenvalue weighted by Gasteiger charge is -2.33. The van der Waals surface area contributed by atoms with E-state index in [1.165, 1.54) is 29.4 Å². The van der Waals surface area contributed by atoms with Crippen LogP contribution >= 0.6 is 0 Å². The summed E-state index contributed by atoms with van der Waals surface area (Å²) in [5.41, 5.74) is 5.34. The van der Waals surface area contributed by atoms with Crippen LogP contribution in [-0.4, -0.2) is 54.6 Å². The van der Waals surface area contributed by atoms with Crippen molar-refractivity contribution in [3.8, 4) is 0 Å². The molecular formula is C16H18N4O6S. The molecule has 1 fully saturated rings. The van der Waals surface area contributed by atoms with Crippen LogP contribution in [0.15, 0.2) is 45.9 Å². The van der Waals surface area contributed by atoms with Gasteiger partial charge in [-0.25, -0.2) is 8.42 Å². The zero-order valence-corrected chi connectivity index (χ0v) is 15.1. The second-order valence-electron chi connectivity index (χ2n) is 5.93. The molecule has 1 amide bonds. The molecule has 0 bridgehead atoms. The van der Waals surface area contributed by atoms with Gasteiger partial charge in [0.1, 0.15) is 12.0 Å². The van der Waals surface area contributed by atoms with E-state index < -0.39 is 20.6 Å². The minimum Gasteiger partial charge on any atom is -0.467 e. The Morgan fingerprint density at radius 1 is 1.22 bits per heavy atom. The van der Waals surface area contributed by atoms with Crippen molar-refractivity contribution in [3.05, 3.63) is 58.0 Å². The number of nitro benzene ring substituents is 1. The molecule has 0 unspecified atom stereocenters. The van der Waals surface area contributed by atoms with Crippen LogP contribution in [0.25, 0.3) is 0 Å². The Labute approximate surface area is 155 Å². The van der Waals surface area contributed by atoms with Crippen LogP contribution in [0, 0.1) is 10.1 Å². The third kappa shape index (κ3) is 3.70. The average molecular weight is 394 g/mol. The number of furan rings is 1. The van der Waals surface area contributed by atoms with Crippen molar-refractivity contribution in [1.29, 1.82) is 0 Å². The molecule has 3 rings (SSSR count). The fraction of sp³-hybridized carbons (Fsp3) is 0.312. The largest absolute Gasteiger partial charge is 0.467 e. The van der Waals surface area contributed by atoms with Gasteiger partial charge in [0.05, 0.1) is 17.0 Å². The maximum Gasteiger partial charge on any atom is 0.289 e. The SMILES string of the molecule is NCc1cc(C(=O)N2CCN(S(=O)(=O)c3ccccc3[N+](=O)[O-])CC2)co1. The van der Waals surface area contributed by atoms with E-state index in [-0.39, 0.29) is 43.5 Å². The summed E-state index contributed by atoms with van der Waals surface area (Å²) in [6.45, 7) is 0.599. The maximum absolute atomic E-state index is 12.8. The van der Waals surface area contributed by atoms with Gasteiger partial charge in [-0.15, -0.1) is 0 Å². The molecule has 1 aliphatic heterocycles. The zero-order chi connectivity index (χ0) is 19.6. The van der Waals surface area contributed by atoms with Crippen molar-refractivity contribution < 1.29 is 22.6 Å². The highest BCUT2D eigenvalue weighted by Crippen LogP contribution is 2.27. The molecular weight excluding hydrogens is 376 g/mol. The topological polar surface area (TPSA) is 140 Å². The molecule has 0 saturated carbocycles. The molecule has 144 valence electrons. The maximum atomic E-state index is 12.8. The Bertz CT molecular complexity index is 963. The summed E-state index contributed by atoms with van der Waals surface area (Å²) < 4.78 is 31.9. The monoisotopic (exact) mass is 394 g/mol. The molecule has 11 heteroatoms.